The van der Waals surface area contributed by atoms with Crippen molar-refractivity contribution in [2.24, 2.45) is 9.98 Å². The van der Waals surface area contributed by atoms with Gasteiger partial charge in [-0.25, -0.2) is 4.99 Å². The Morgan fingerprint density at radius 3 is 1.59 bits per heavy atom. The second kappa shape index (κ2) is 17.8. The van der Waals surface area contributed by atoms with Crippen LogP contribution in [0, 0.1) is 41.5 Å². The molecule has 6 nitrogen and oxygen atoms in total. The summed E-state index contributed by atoms with van der Waals surface area (Å²) in [6, 6.07) is 33.2. The topological polar surface area (TPSA) is 90.4 Å². The summed E-state index contributed by atoms with van der Waals surface area (Å²) < 4.78 is 0. The molecule has 5 heterocycles. The third-order valence-electron chi connectivity index (χ3n) is 18.3. The van der Waals surface area contributed by atoms with Gasteiger partial charge in [0.25, 0.3) is 0 Å². The van der Waals surface area contributed by atoms with E-state index in [0.717, 1.165) is 127 Å². The molecule has 0 saturated heterocycles. The average Bonchev–Trinajstić information content (AvgIpc) is 1.69. The van der Waals surface area contributed by atoms with Crippen LogP contribution in [0.3, 0.4) is 0 Å². The molecule has 8 bridgehead atoms. The fourth-order valence-electron chi connectivity index (χ4n) is 14.2. The molecule has 4 aliphatic rings. The Morgan fingerprint density at radius 2 is 1.01 bits per heavy atom. The van der Waals surface area contributed by atoms with Crippen molar-refractivity contribution in [3.8, 4) is 0 Å². The molecular weight excluding hydrogens is 1000 g/mol. The third kappa shape index (κ3) is 8.24. The van der Waals surface area contributed by atoms with Crippen LogP contribution < -0.4 is 10.8 Å². The number of Topliss-reactive ketones (excluding diaryl/α,β-unsaturated/α-hetero) is 1. The number of carbonyl (C=O) groups excluding carboxylic acids is 1. The Kier molecular flexibility index (Phi) is 11.6. The van der Waals surface area contributed by atoms with E-state index in [9.17, 15) is 0 Å². The number of allylic oxidation sites excluding steroid dienone is 3. The van der Waals surface area contributed by atoms with Crippen molar-refractivity contribution in [3.63, 3.8) is 0 Å². The van der Waals surface area contributed by atoms with Crippen LogP contribution in [-0.2, 0) is 21.7 Å². The summed E-state index contributed by atoms with van der Waals surface area (Å²) in [5.74, 6) is -0.415. The van der Waals surface area contributed by atoms with Crippen molar-refractivity contribution < 1.29 is 4.79 Å². The fourth-order valence-corrected chi connectivity index (χ4v) is 14.2. The molecule has 6 heteroatoms. The highest BCUT2D eigenvalue weighted by atomic mass is 16.1. The summed E-state index contributed by atoms with van der Waals surface area (Å²) in [7, 11) is 0. The maximum Gasteiger partial charge on any atom is 0.195 e. The van der Waals surface area contributed by atoms with Gasteiger partial charge in [0.2, 0.25) is 0 Å². The smallest absolute Gasteiger partial charge is 0.195 e. The highest BCUT2D eigenvalue weighted by Gasteiger charge is 2.43. The molecule has 2 unspecified atom stereocenters. The summed E-state index contributed by atoms with van der Waals surface area (Å²) >= 11 is 0. The first-order valence-electron chi connectivity index (χ1n) is 29.4. The molecule has 1 aliphatic carbocycles. The number of aryl methyl sites for hydroxylation is 6. The molecule has 3 aliphatic heterocycles. The lowest BCUT2D eigenvalue weighted by Crippen LogP contribution is -2.22. The maximum absolute atomic E-state index is 16.2. The number of aromatic nitrogens is 2. The summed E-state index contributed by atoms with van der Waals surface area (Å²) in [5, 5.41) is 6.99. The van der Waals surface area contributed by atoms with Gasteiger partial charge in [0.05, 0.1) is 34.6 Å². The van der Waals surface area contributed by atoms with Crippen molar-refractivity contribution in [1.82, 2.24) is 9.97 Å². The standard InChI is InChI=1S/C76H76N4O2/c1-37-23-39(3)61(40(4)24-37)67-57-21-19-55(77-57)65-49-31-45(73(7,8)9)27-43-29-47(75(13,14)15)33-51(63(43)49)71(81)53-35-59(79-69(53)65)68(62-41(5)25-38(2)26-42(62)6)60-36-54-70(80-60)66(56-20-22-58(67)78-56)50-32-46(74(10,11)12)28-44-30-48(76(16,17)18)34-52(64(44)50)72(54)82/h19-36,65,69,77,80H,1-18H3/b67-58+,68-60+. The Labute approximate surface area is 483 Å². The van der Waals surface area contributed by atoms with Crippen molar-refractivity contribution >= 4 is 71.6 Å². The van der Waals surface area contributed by atoms with E-state index in [-0.39, 0.29) is 32.9 Å². The van der Waals surface area contributed by atoms with E-state index in [1.165, 1.54) is 16.7 Å². The minimum atomic E-state index is -0.616. The third-order valence-corrected chi connectivity index (χ3v) is 18.3. The first-order chi connectivity index (χ1) is 38.4. The van der Waals surface area contributed by atoms with Crippen molar-refractivity contribution in [2.75, 3.05) is 0 Å². The van der Waals surface area contributed by atoms with Crippen LogP contribution in [0.5, 0.6) is 0 Å². The van der Waals surface area contributed by atoms with Crippen LogP contribution >= 0.6 is 0 Å². The molecule has 9 aromatic rings. The fraction of sp³-hybridized carbons (Fsp3) is 0.316. The van der Waals surface area contributed by atoms with E-state index in [1.54, 1.807) is 0 Å². The molecule has 2 aromatic heterocycles. The van der Waals surface area contributed by atoms with Crippen LogP contribution in [0.4, 0.5) is 0 Å². The number of rotatable bonds is 2. The number of hydrogen-bond donors (Lipinski definition) is 2. The molecular formula is C76H76N4O2. The zero-order valence-corrected chi connectivity index (χ0v) is 51.3. The Balaban J connectivity index is 1.28. The van der Waals surface area contributed by atoms with Gasteiger partial charge in [-0.15, -0.1) is 0 Å². The predicted molar refractivity (Wildman–Crippen MR) is 345 cm³/mol. The zero-order valence-electron chi connectivity index (χ0n) is 51.3. The van der Waals surface area contributed by atoms with E-state index < -0.39 is 12.0 Å². The molecule has 0 spiro atoms. The number of nitrogens with one attached hydrogen (secondary N) is 2. The minimum absolute atomic E-state index is 0.0121. The summed E-state index contributed by atoms with van der Waals surface area (Å²) in [6.07, 6.45) is 6.44. The van der Waals surface area contributed by atoms with E-state index in [4.69, 9.17) is 9.98 Å². The van der Waals surface area contributed by atoms with Gasteiger partial charge in [-0.3, -0.25) is 14.6 Å². The molecule has 13 rings (SSSR count). The van der Waals surface area contributed by atoms with Crippen molar-refractivity contribution in [2.45, 2.75) is 158 Å². The molecule has 2 N–H and O–H groups in total. The normalized spacial score (nSPS) is 18.9. The quantitative estimate of drug-likeness (QED) is 0.181. The SMILES string of the molecule is Cc1cc(C)c(/C2=C3\C=CC(=N3)c3c4cc(C(C)(C)C)cc5cc(C(C)(C)C)cc(c(=O)c6c/c([nH]c36)=C(\c3c(C)cc(C)cc3C)C3=NC6C(=C3)C(=O)c3cc(C(C)(C)C)cc7cc(C(C)(C)C)cc(c37)C6c3ccc2[nH]3)c54)c(C)c1. The lowest BCUT2D eigenvalue weighted by atomic mass is 9.78. The molecule has 2 atom stereocenters. The van der Waals surface area contributed by atoms with Gasteiger partial charge in [-0.1, -0.05) is 149 Å². The van der Waals surface area contributed by atoms with Crippen LogP contribution in [0.1, 0.15) is 189 Å². The lowest BCUT2D eigenvalue weighted by molar-refractivity contribution is 0.103. The minimum Gasteiger partial charge on any atom is -0.358 e. The number of hydrogen-bond acceptors (Lipinski definition) is 4. The maximum atomic E-state index is 16.2. The van der Waals surface area contributed by atoms with Gasteiger partial charge < -0.3 is 9.97 Å². The van der Waals surface area contributed by atoms with Gasteiger partial charge in [-0.05, 0) is 201 Å². The number of benzene rings is 6. The molecule has 0 radical (unpaired) electrons. The van der Waals surface area contributed by atoms with E-state index in [0.29, 0.717) is 33.1 Å². The first kappa shape index (κ1) is 53.4. The van der Waals surface area contributed by atoms with Gasteiger partial charge in [0.15, 0.2) is 11.2 Å². The molecule has 0 amide bonds. The van der Waals surface area contributed by atoms with Crippen LogP contribution in [-0.4, -0.2) is 33.2 Å². The van der Waals surface area contributed by atoms with Crippen LogP contribution in [0.15, 0.2) is 135 Å². The van der Waals surface area contributed by atoms with Gasteiger partial charge >= 0.3 is 0 Å². The highest BCUT2D eigenvalue weighted by molar-refractivity contribution is 6.35. The van der Waals surface area contributed by atoms with E-state index >= 15 is 9.59 Å². The number of aliphatic imine (C=N–C) groups is 2. The second-order valence-electron chi connectivity index (χ2n) is 28.7. The lowest BCUT2D eigenvalue weighted by Gasteiger charge is -2.27. The predicted octanol–water partition coefficient (Wildman–Crippen LogP) is 17.2. The van der Waals surface area contributed by atoms with Crippen LogP contribution in [0.25, 0.3) is 54.4 Å². The molecule has 0 saturated carbocycles. The average molecular weight is 1080 g/mol. The first-order valence-corrected chi connectivity index (χ1v) is 29.4. The van der Waals surface area contributed by atoms with Gasteiger partial charge in [0.1, 0.15) is 0 Å². The molecule has 82 heavy (non-hydrogen) atoms. The van der Waals surface area contributed by atoms with E-state index in [1.807, 2.05) is 0 Å². The number of fused-ring (bicyclic) bond motifs is 8. The number of aromatic amines is 2. The highest BCUT2D eigenvalue weighted by Crippen LogP contribution is 2.49. The Bertz CT molecular complexity index is 4640. The summed E-state index contributed by atoms with van der Waals surface area (Å²) in [4.78, 5) is 52.5. The number of ketones is 1. The van der Waals surface area contributed by atoms with Gasteiger partial charge in [-0.2, -0.15) is 0 Å². The molecule has 412 valence electrons. The monoisotopic (exact) mass is 1080 g/mol. The zero-order chi connectivity index (χ0) is 58.3. The number of H-pyrrole nitrogens is 2. The van der Waals surface area contributed by atoms with Crippen molar-refractivity contribution in [1.29, 1.82) is 0 Å². The van der Waals surface area contributed by atoms with Crippen LogP contribution in [0.2, 0.25) is 0 Å². The Morgan fingerprint density at radius 1 is 0.488 bits per heavy atom. The Hall–Kier alpha value is -7.96. The van der Waals surface area contributed by atoms with E-state index in [2.05, 4.69) is 244 Å². The molecule has 7 aromatic carbocycles. The number of nitrogens with zero attached hydrogens (tertiary/aromatic N) is 2. The molecule has 0 fully saturated rings. The van der Waals surface area contributed by atoms with Crippen molar-refractivity contribution in [3.05, 3.63) is 231 Å². The summed E-state index contributed by atoms with van der Waals surface area (Å²) in [6.45, 7) is 40.1. The second-order valence-corrected chi connectivity index (χ2v) is 28.7. The van der Waals surface area contributed by atoms with Gasteiger partial charge in [0, 0.05) is 60.7 Å². The largest absolute Gasteiger partial charge is 0.358 e. The number of carbonyl (C=O) groups is 1. The summed E-state index contributed by atoms with van der Waals surface area (Å²) in [5.41, 5.74) is 22.6.